The minimum atomic E-state index is -0.572. The number of hydrogen-bond donors (Lipinski definition) is 2. The van der Waals surface area contributed by atoms with Crippen molar-refractivity contribution < 1.29 is 14.8 Å². The van der Waals surface area contributed by atoms with Crippen LogP contribution >= 0.6 is 0 Å². The van der Waals surface area contributed by atoms with Crippen LogP contribution in [0.5, 0.6) is 5.75 Å². The number of non-ortho nitro benzene ring substituents is 1. The number of aromatic hydroxyl groups is 1. The topological polar surface area (TPSA) is 110 Å². The van der Waals surface area contributed by atoms with Crippen LogP contribution in [0.1, 0.15) is 22.3 Å². The number of nitrogens with zero attached hydrogens (tertiary/aromatic N) is 2. The highest BCUT2D eigenvalue weighted by Crippen LogP contribution is 2.37. The normalized spacial score (nSPS) is 13.5. The van der Waals surface area contributed by atoms with Crippen molar-refractivity contribution in [3.8, 4) is 5.75 Å². The van der Waals surface area contributed by atoms with Gasteiger partial charge in [-0.1, -0.05) is 12.1 Å². The number of phenols is 1. The standard InChI is InChI=1S/C16H15N3O4/c17-13-7-6-11(19(22)23)9-12(13)16(21)18-8-2-4-10-3-1-5-14(20)15(10)18/h1,3,5-7,9,20H,2,4,8,17H2. The van der Waals surface area contributed by atoms with Crippen molar-refractivity contribution in [1.82, 2.24) is 0 Å². The molecule has 2 aromatic rings. The lowest BCUT2D eigenvalue weighted by Crippen LogP contribution is -2.36. The number of hydrogen-bond acceptors (Lipinski definition) is 5. The molecule has 0 radical (unpaired) electrons. The van der Waals surface area contributed by atoms with Gasteiger partial charge >= 0.3 is 0 Å². The van der Waals surface area contributed by atoms with E-state index in [-0.39, 0.29) is 22.7 Å². The molecule has 1 heterocycles. The lowest BCUT2D eigenvalue weighted by molar-refractivity contribution is -0.384. The van der Waals surface area contributed by atoms with E-state index in [4.69, 9.17) is 5.73 Å². The SMILES string of the molecule is Nc1ccc([N+](=O)[O-])cc1C(=O)N1CCCc2cccc(O)c21. The van der Waals surface area contributed by atoms with Crippen LogP contribution in [0.4, 0.5) is 17.1 Å². The van der Waals surface area contributed by atoms with E-state index >= 15 is 0 Å². The van der Waals surface area contributed by atoms with Crippen molar-refractivity contribution in [1.29, 1.82) is 0 Å². The van der Waals surface area contributed by atoms with Crippen LogP contribution < -0.4 is 10.6 Å². The number of nitro groups is 1. The molecule has 118 valence electrons. The first-order chi connectivity index (χ1) is 11.0. The first-order valence-corrected chi connectivity index (χ1v) is 7.15. The quantitative estimate of drug-likeness (QED) is 0.503. The van der Waals surface area contributed by atoms with Crippen LogP contribution in [-0.2, 0) is 6.42 Å². The molecule has 3 rings (SSSR count). The molecule has 1 aliphatic heterocycles. The molecule has 23 heavy (non-hydrogen) atoms. The molecule has 0 saturated heterocycles. The minimum Gasteiger partial charge on any atom is -0.506 e. The highest BCUT2D eigenvalue weighted by atomic mass is 16.6. The zero-order chi connectivity index (χ0) is 16.6. The Labute approximate surface area is 132 Å². The Morgan fingerprint density at radius 3 is 2.83 bits per heavy atom. The summed E-state index contributed by atoms with van der Waals surface area (Å²) >= 11 is 0. The fourth-order valence-corrected chi connectivity index (χ4v) is 2.82. The van der Waals surface area contributed by atoms with Gasteiger partial charge in [0.25, 0.3) is 11.6 Å². The van der Waals surface area contributed by atoms with Crippen molar-refractivity contribution in [3.05, 3.63) is 57.6 Å². The molecule has 0 aliphatic carbocycles. The van der Waals surface area contributed by atoms with Gasteiger partial charge in [-0.2, -0.15) is 0 Å². The molecule has 0 unspecified atom stereocenters. The molecule has 0 aromatic heterocycles. The molecule has 1 amide bonds. The molecule has 2 aromatic carbocycles. The van der Waals surface area contributed by atoms with Gasteiger partial charge in [0.05, 0.1) is 16.2 Å². The summed E-state index contributed by atoms with van der Waals surface area (Å²) in [6.45, 7) is 0.422. The zero-order valence-electron chi connectivity index (χ0n) is 12.2. The number of carbonyl (C=O) groups excluding carboxylic acids is 1. The van der Waals surface area contributed by atoms with Crippen LogP contribution in [0, 0.1) is 10.1 Å². The molecular weight excluding hydrogens is 298 g/mol. The Hall–Kier alpha value is -3.09. The van der Waals surface area contributed by atoms with Crippen LogP contribution in [0.15, 0.2) is 36.4 Å². The predicted octanol–water partition coefficient (Wildman–Crippen LogP) is 2.48. The second-order valence-electron chi connectivity index (χ2n) is 5.37. The number of nitro benzene ring substituents is 1. The van der Waals surface area contributed by atoms with E-state index in [1.54, 1.807) is 6.07 Å². The van der Waals surface area contributed by atoms with Gasteiger partial charge < -0.3 is 15.7 Å². The van der Waals surface area contributed by atoms with Crippen LogP contribution in [0.25, 0.3) is 0 Å². The summed E-state index contributed by atoms with van der Waals surface area (Å²) in [6.07, 6.45) is 1.51. The Balaban J connectivity index is 2.06. The summed E-state index contributed by atoms with van der Waals surface area (Å²) in [4.78, 5) is 24.6. The molecule has 0 fully saturated rings. The average molecular weight is 313 g/mol. The molecule has 0 spiro atoms. The van der Waals surface area contributed by atoms with Gasteiger partial charge in [-0.15, -0.1) is 0 Å². The van der Waals surface area contributed by atoms with E-state index in [0.29, 0.717) is 12.2 Å². The largest absolute Gasteiger partial charge is 0.506 e. The first-order valence-electron chi connectivity index (χ1n) is 7.15. The maximum absolute atomic E-state index is 12.8. The third-order valence-electron chi connectivity index (χ3n) is 3.92. The summed E-state index contributed by atoms with van der Waals surface area (Å²) in [7, 11) is 0. The van der Waals surface area contributed by atoms with Gasteiger partial charge in [0.2, 0.25) is 0 Å². The molecule has 7 nitrogen and oxygen atoms in total. The molecule has 0 saturated carbocycles. The van der Waals surface area contributed by atoms with Gasteiger partial charge in [-0.25, -0.2) is 0 Å². The Morgan fingerprint density at radius 1 is 1.30 bits per heavy atom. The van der Waals surface area contributed by atoms with Gasteiger partial charge in [0.1, 0.15) is 5.75 Å². The van der Waals surface area contributed by atoms with Crippen molar-refractivity contribution in [2.24, 2.45) is 0 Å². The van der Waals surface area contributed by atoms with E-state index in [1.165, 1.54) is 29.2 Å². The van der Waals surface area contributed by atoms with E-state index in [0.717, 1.165) is 18.4 Å². The predicted molar refractivity (Wildman–Crippen MR) is 85.6 cm³/mol. The number of para-hydroxylation sites is 1. The third kappa shape index (κ3) is 2.57. The monoisotopic (exact) mass is 313 g/mol. The summed E-state index contributed by atoms with van der Waals surface area (Å²) in [6, 6.07) is 8.87. The Kier molecular flexibility index (Phi) is 3.61. The van der Waals surface area contributed by atoms with E-state index in [1.807, 2.05) is 6.07 Å². The molecule has 0 bridgehead atoms. The zero-order valence-corrected chi connectivity index (χ0v) is 12.2. The summed E-state index contributed by atoms with van der Waals surface area (Å²) in [5.74, 6) is -0.437. The summed E-state index contributed by atoms with van der Waals surface area (Å²) in [5.41, 5.74) is 7.18. The van der Waals surface area contributed by atoms with Crippen molar-refractivity contribution >= 4 is 23.0 Å². The van der Waals surface area contributed by atoms with Crippen molar-refractivity contribution in [3.63, 3.8) is 0 Å². The lowest BCUT2D eigenvalue weighted by Gasteiger charge is -2.30. The second-order valence-corrected chi connectivity index (χ2v) is 5.37. The van der Waals surface area contributed by atoms with Crippen molar-refractivity contribution in [2.75, 3.05) is 17.2 Å². The van der Waals surface area contributed by atoms with Gasteiger partial charge in [0, 0.05) is 24.4 Å². The summed E-state index contributed by atoms with van der Waals surface area (Å²) in [5, 5.41) is 21.0. The number of amides is 1. The van der Waals surface area contributed by atoms with E-state index < -0.39 is 10.8 Å². The van der Waals surface area contributed by atoms with Crippen LogP contribution in [0.3, 0.4) is 0 Å². The smallest absolute Gasteiger partial charge is 0.270 e. The van der Waals surface area contributed by atoms with E-state index in [2.05, 4.69) is 0 Å². The molecule has 7 heteroatoms. The average Bonchev–Trinajstić information content (AvgIpc) is 2.54. The fourth-order valence-electron chi connectivity index (χ4n) is 2.82. The third-order valence-corrected chi connectivity index (χ3v) is 3.92. The number of nitrogen functional groups attached to an aromatic ring is 1. The Morgan fingerprint density at radius 2 is 2.09 bits per heavy atom. The molecular formula is C16H15N3O4. The number of benzene rings is 2. The molecule has 3 N–H and O–H groups in total. The number of aryl methyl sites for hydroxylation is 1. The van der Waals surface area contributed by atoms with Gasteiger partial charge in [0.15, 0.2) is 0 Å². The number of rotatable bonds is 2. The maximum atomic E-state index is 12.8. The highest BCUT2D eigenvalue weighted by Gasteiger charge is 2.28. The number of phenolic OH excluding ortho intramolecular Hbond substituents is 1. The minimum absolute atomic E-state index is 0.0135. The van der Waals surface area contributed by atoms with E-state index in [9.17, 15) is 20.0 Å². The number of nitrogens with two attached hydrogens (primary N) is 1. The van der Waals surface area contributed by atoms with Gasteiger partial charge in [-0.3, -0.25) is 14.9 Å². The first kappa shape index (κ1) is 14.8. The molecule has 0 atom stereocenters. The van der Waals surface area contributed by atoms with Crippen LogP contribution in [0.2, 0.25) is 0 Å². The molecule has 1 aliphatic rings. The second kappa shape index (κ2) is 5.60. The number of fused-ring (bicyclic) bond motifs is 1. The summed E-state index contributed by atoms with van der Waals surface area (Å²) < 4.78 is 0. The van der Waals surface area contributed by atoms with Crippen LogP contribution in [-0.4, -0.2) is 22.5 Å². The fraction of sp³-hybridized carbons (Fsp3) is 0.188. The van der Waals surface area contributed by atoms with Crippen molar-refractivity contribution in [2.45, 2.75) is 12.8 Å². The number of anilines is 2. The Bertz CT molecular complexity index is 804. The number of carbonyl (C=O) groups is 1. The lowest BCUT2D eigenvalue weighted by atomic mass is 9.99. The highest BCUT2D eigenvalue weighted by molar-refractivity contribution is 6.10. The maximum Gasteiger partial charge on any atom is 0.270 e. The van der Waals surface area contributed by atoms with Gasteiger partial charge in [-0.05, 0) is 30.5 Å².